The van der Waals surface area contributed by atoms with Gasteiger partial charge in [-0.25, -0.2) is 0 Å². The van der Waals surface area contributed by atoms with Crippen molar-refractivity contribution >= 4 is 0 Å². The molecule has 0 saturated carbocycles. The van der Waals surface area contributed by atoms with E-state index in [4.69, 9.17) is 0 Å². The second-order valence-electron chi connectivity index (χ2n) is 6.17. The molecule has 0 radical (unpaired) electrons. The minimum Gasteiger partial charge on any atom is -0.0874 e. The molecule has 0 fully saturated rings. The molecule has 22 heavy (non-hydrogen) atoms. The van der Waals surface area contributed by atoms with Gasteiger partial charge < -0.3 is 0 Å². The molecule has 0 aromatic heterocycles. The van der Waals surface area contributed by atoms with E-state index in [0.29, 0.717) is 11.8 Å². The average molecular weight is 288 g/mol. The number of hydrogen-bond donors (Lipinski definition) is 0. The summed E-state index contributed by atoms with van der Waals surface area (Å²) in [6.45, 7) is 8.82. The molecule has 1 aliphatic carbocycles. The quantitative estimate of drug-likeness (QED) is 0.570. The Morgan fingerprint density at radius 2 is 1.73 bits per heavy atom. The summed E-state index contributed by atoms with van der Waals surface area (Å²) in [5.74, 6) is 0.927. The molecule has 0 bridgehead atoms. The predicted molar refractivity (Wildman–Crippen MR) is 96.4 cm³/mol. The standard InChI is InChI=1S/C22H24/c1-5-9-17(6-2)15(3)18-12-13-21-20-11-8-7-10-19(20)16(4)22(21)14-18/h5-16H,1-4H3/b9-5-,17-6+. The third-order valence-electron chi connectivity index (χ3n) is 4.95. The maximum atomic E-state index is 2.41. The SMILES string of the molecule is C/C=C\C(=C/C)C(C)c1ccc2c(c1)C(C)c1ccccc1-2. The Morgan fingerprint density at radius 1 is 1.00 bits per heavy atom. The molecular weight excluding hydrogens is 264 g/mol. The van der Waals surface area contributed by atoms with Crippen molar-refractivity contribution in [3.63, 3.8) is 0 Å². The van der Waals surface area contributed by atoms with Crippen LogP contribution in [-0.2, 0) is 0 Å². The van der Waals surface area contributed by atoms with Gasteiger partial charge in [0, 0.05) is 11.8 Å². The fourth-order valence-corrected chi connectivity index (χ4v) is 3.62. The maximum Gasteiger partial charge on any atom is 0.00734 e. The summed E-state index contributed by atoms with van der Waals surface area (Å²) in [7, 11) is 0. The largest absolute Gasteiger partial charge is 0.0874 e. The molecule has 2 aromatic rings. The van der Waals surface area contributed by atoms with Crippen molar-refractivity contribution in [1.82, 2.24) is 0 Å². The molecule has 2 aromatic carbocycles. The molecule has 0 amide bonds. The monoisotopic (exact) mass is 288 g/mol. The van der Waals surface area contributed by atoms with E-state index in [0.717, 1.165) is 0 Å². The van der Waals surface area contributed by atoms with E-state index in [2.05, 4.69) is 88.4 Å². The normalized spacial score (nSPS) is 18.4. The minimum atomic E-state index is 0.433. The molecule has 0 saturated heterocycles. The molecule has 0 nitrogen and oxygen atoms in total. The summed E-state index contributed by atoms with van der Waals surface area (Å²) in [6, 6.07) is 15.8. The van der Waals surface area contributed by atoms with Gasteiger partial charge in [-0.15, -0.1) is 0 Å². The zero-order valence-electron chi connectivity index (χ0n) is 13.9. The Balaban J connectivity index is 2.03. The molecule has 0 heteroatoms. The van der Waals surface area contributed by atoms with Gasteiger partial charge in [0.25, 0.3) is 0 Å². The Bertz CT molecular complexity index is 746. The van der Waals surface area contributed by atoms with Crippen molar-refractivity contribution < 1.29 is 0 Å². The van der Waals surface area contributed by atoms with E-state index in [-0.39, 0.29) is 0 Å². The summed E-state index contributed by atoms with van der Waals surface area (Å²) in [5, 5.41) is 0. The van der Waals surface area contributed by atoms with Gasteiger partial charge in [-0.1, -0.05) is 74.5 Å². The molecule has 3 rings (SSSR count). The summed E-state index contributed by atoms with van der Waals surface area (Å²) >= 11 is 0. The van der Waals surface area contributed by atoms with E-state index >= 15 is 0 Å². The Kier molecular flexibility index (Phi) is 4.02. The predicted octanol–water partition coefficient (Wildman–Crippen LogP) is 6.44. The highest BCUT2D eigenvalue weighted by Gasteiger charge is 2.25. The number of allylic oxidation sites excluding steroid dienone is 4. The van der Waals surface area contributed by atoms with Crippen molar-refractivity contribution in [2.75, 3.05) is 0 Å². The second kappa shape index (κ2) is 5.96. The topological polar surface area (TPSA) is 0 Å². The van der Waals surface area contributed by atoms with Gasteiger partial charge in [-0.05, 0) is 47.2 Å². The maximum absolute atomic E-state index is 2.41. The van der Waals surface area contributed by atoms with Crippen LogP contribution >= 0.6 is 0 Å². The first kappa shape index (κ1) is 14.8. The van der Waals surface area contributed by atoms with E-state index in [1.165, 1.54) is 33.4 Å². The van der Waals surface area contributed by atoms with Crippen molar-refractivity contribution in [2.45, 2.75) is 39.5 Å². The van der Waals surface area contributed by atoms with Gasteiger partial charge in [0.2, 0.25) is 0 Å². The fraction of sp³-hybridized carbons (Fsp3) is 0.273. The van der Waals surface area contributed by atoms with Crippen LogP contribution in [0, 0.1) is 0 Å². The fourth-order valence-electron chi connectivity index (χ4n) is 3.62. The highest BCUT2D eigenvalue weighted by atomic mass is 14.3. The van der Waals surface area contributed by atoms with Crippen LogP contribution in [0.15, 0.2) is 66.3 Å². The van der Waals surface area contributed by atoms with E-state index < -0.39 is 0 Å². The van der Waals surface area contributed by atoms with Crippen LogP contribution < -0.4 is 0 Å². The van der Waals surface area contributed by atoms with Crippen LogP contribution in [0.4, 0.5) is 0 Å². The minimum absolute atomic E-state index is 0.433. The first-order valence-electron chi connectivity index (χ1n) is 8.19. The van der Waals surface area contributed by atoms with Crippen LogP contribution in [0.3, 0.4) is 0 Å². The van der Waals surface area contributed by atoms with Gasteiger partial charge in [0.1, 0.15) is 0 Å². The van der Waals surface area contributed by atoms with Gasteiger partial charge in [-0.2, -0.15) is 0 Å². The number of rotatable bonds is 3. The third kappa shape index (κ3) is 2.33. The van der Waals surface area contributed by atoms with Gasteiger partial charge in [0.05, 0.1) is 0 Å². The highest BCUT2D eigenvalue weighted by molar-refractivity contribution is 5.79. The molecule has 0 aliphatic heterocycles. The van der Waals surface area contributed by atoms with Gasteiger partial charge in [0.15, 0.2) is 0 Å². The molecule has 0 N–H and O–H groups in total. The summed E-state index contributed by atoms with van der Waals surface area (Å²) in [6.07, 6.45) is 6.56. The van der Waals surface area contributed by atoms with E-state index in [9.17, 15) is 0 Å². The lowest BCUT2D eigenvalue weighted by atomic mass is 9.88. The lowest BCUT2D eigenvalue weighted by molar-refractivity contribution is 0.899. The summed E-state index contributed by atoms with van der Waals surface area (Å²) in [4.78, 5) is 0. The highest BCUT2D eigenvalue weighted by Crippen LogP contribution is 2.45. The average Bonchev–Trinajstić information content (AvgIpc) is 2.85. The molecule has 0 heterocycles. The van der Waals surface area contributed by atoms with Crippen molar-refractivity contribution in [1.29, 1.82) is 0 Å². The van der Waals surface area contributed by atoms with Crippen molar-refractivity contribution in [3.8, 4) is 11.1 Å². The smallest absolute Gasteiger partial charge is 0.00734 e. The first-order valence-corrected chi connectivity index (χ1v) is 8.19. The first-order chi connectivity index (χ1) is 10.7. The molecule has 1 aliphatic rings. The lowest BCUT2D eigenvalue weighted by Gasteiger charge is -2.16. The van der Waals surface area contributed by atoms with Crippen LogP contribution in [0.5, 0.6) is 0 Å². The van der Waals surface area contributed by atoms with Crippen LogP contribution in [0.2, 0.25) is 0 Å². The van der Waals surface area contributed by atoms with E-state index in [1.807, 2.05) is 0 Å². The molecule has 112 valence electrons. The Morgan fingerprint density at radius 3 is 2.45 bits per heavy atom. The number of benzene rings is 2. The van der Waals surface area contributed by atoms with Gasteiger partial charge >= 0.3 is 0 Å². The summed E-state index contributed by atoms with van der Waals surface area (Å²) < 4.78 is 0. The van der Waals surface area contributed by atoms with Crippen molar-refractivity contribution in [3.05, 3.63) is 83.0 Å². The van der Waals surface area contributed by atoms with Crippen LogP contribution in [0.25, 0.3) is 11.1 Å². The Labute approximate surface area is 134 Å². The van der Waals surface area contributed by atoms with Crippen molar-refractivity contribution in [2.24, 2.45) is 0 Å². The second-order valence-corrected chi connectivity index (χ2v) is 6.17. The lowest BCUT2D eigenvalue weighted by Crippen LogP contribution is -1.98. The Hall–Kier alpha value is -2.08. The molecule has 2 atom stereocenters. The number of hydrogen-bond acceptors (Lipinski definition) is 0. The van der Waals surface area contributed by atoms with Crippen LogP contribution in [0.1, 0.15) is 56.2 Å². The van der Waals surface area contributed by atoms with E-state index in [1.54, 1.807) is 0 Å². The van der Waals surface area contributed by atoms with Gasteiger partial charge in [-0.3, -0.25) is 0 Å². The van der Waals surface area contributed by atoms with Crippen LogP contribution in [-0.4, -0.2) is 0 Å². The summed E-state index contributed by atoms with van der Waals surface area (Å²) in [5.41, 5.74) is 8.54. The zero-order valence-corrected chi connectivity index (χ0v) is 13.9. The molecule has 2 unspecified atom stereocenters. The zero-order chi connectivity index (χ0) is 15.7. The molecule has 0 spiro atoms. The third-order valence-corrected chi connectivity index (χ3v) is 4.95. The number of fused-ring (bicyclic) bond motifs is 3. The molecular formula is C22H24.